The summed E-state index contributed by atoms with van der Waals surface area (Å²) in [4.78, 5) is 11.9. The molecule has 0 aromatic heterocycles. The van der Waals surface area contributed by atoms with E-state index in [1.165, 1.54) is 12.1 Å². The topological polar surface area (TPSA) is 84.6 Å². The zero-order valence-electron chi connectivity index (χ0n) is 13.7. The SMILES string of the molecule is CCCCOc1ccc(/C=C\C(=O)Nc2cccc(O)c2)cc1N. The standard InChI is InChI=1S/C19H22N2O3/c1-2-3-11-24-18-9-7-14(12-17(18)20)8-10-19(23)21-15-5-4-6-16(22)13-15/h4-10,12-13,22H,2-3,11,20H2,1H3,(H,21,23)/b10-8-. The molecule has 2 aromatic rings. The Kier molecular flexibility index (Phi) is 6.25. The number of rotatable bonds is 7. The third-order valence-electron chi connectivity index (χ3n) is 3.33. The Hall–Kier alpha value is -2.95. The monoisotopic (exact) mass is 326 g/mol. The molecule has 1 amide bonds. The maximum Gasteiger partial charge on any atom is 0.248 e. The molecule has 0 radical (unpaired) electrons. The van der Waals surface area contributed by atoms with Crippen LogP contribution in [0.3, 0.4) is 0 Å². The number of benzene rings is 2. The first kappa shape index (κ1) is 17.4. The number of nitrogen functional groups attached to an aromatic ring is 1. The van der Waals surface area contributed by atoms with Crippen LogP contribution in [0, 0.1) is 0 Å². The summed E-state index contributed by atoms with van der Waals surface area (Å²) in [6.07, 6.45) is 5.13. The number of hydrogen-bond donors (Lipinski definition) is 3. The normalized spacial score (nSPS) is 10.7. The van der Waals surface area contributed by atoms with Crippen molar-refractivity contribution < 1.29 is 14.6 Å². The van der Waals surface area contributed by atoms with Gasteiger partial charge in [-0.05, 0) is 42.3 Å². The Balaban J connectivity index is 1.95. The number of ether oxygens (including phenoxy) is 1. The number of carbonyl (C=O) groups excluding carboxylic acids is 1. The van der Waals surface area contributed by atoms with Gasteiger partial charge in [-0.3, -0.25) is 4.79 Å². The Bertz CT molecular complexity index is 726. The number of carbonyl (C=O) groups is 1. The highest BCUT2D eigenvalue weighted by Gasteiger charge is 2.02. The van der Waals surface area contributed by atoms with E-state index in [1.54, 1.807) is 36.4 Å². The summed E-state index contributed by atoms with van der Waals surface area (Å²) in [5.41, 5.74) is 7.84. The molecule has 0 aliphatic carbocycles. The molecule has 0 aliphatic rings. The largest absolute Gasteiger partial charge is 0.508 e. The summed E-state index contributed by atoms with van der Waals surface area (Å²) >= 11 is 0. The number of hydrogen-bond acceptors (Lipinski definition) is 4. The lowest BCUT2D eigenvalue weighted by molar-refractivity contribution is -0.111. The van der Waals surface area contributed by atoms with E-state index in [0.717, 1.165) is 18.4 Å². The van der Waals surface area contributed by atoms with Gasteiger partial charge >= 0.3 is 0 Å². The smallest absolute Gasteiger partial charge is 0.248 e. The lowest BCUT2D eigenvalue weighted by atomic mass is 10.1. The Morgan fingerprint density at radius 3 is 2.83 bits per heavy atom. The molecule has 0 saturated carbocycles. The first-order chi connectivity index (χ1) is 11.6. The molecule has 0 spiro atoms. The van der Waals surface area contributed by atoms with Gasteiger partial charge in [-0.15, -0.1) is 0 Å². The predicted molar refractivity (Wildman–Crippen MR) is 97.0 cm³/mol. The highest BCUT2D eigenvalue weighted by molar-refractivity contribution is 6.02. The average Bonchev–Trinajstić information content (AvgIpc) is 2.55. The van der Waals surface area contributed by atoms with Gasteiger partial charge < -0.3 is 20.9 Å². The second-order valence-corrected chi connectivity index (χ2v) is 5.37. The number of unbranched alkanes of at least 4 members (excludes halogenated alkanes) is 1. The van der Waals surface area contributed by atoms with Crippen LogP contribution in [-0.2, 0) is 4.79 Å². The zero-order chi connectivity index (χ0) is 17.4. The molecule has 0 aliphatic heterocycles. The number of amides is 1. The second-order valence-electron chi connectivity index (χ2n) is 5.37. The van der Waals surface area contributed by atoms with E-state index in [4.69, 9.17) is 10.5 Å². The van der Waals surface area contributed by atoms with Crippen molar-refractivity contribution in [3.05, 3.63) is 54.1 Å². The zero-order valence-corrected chi connectivity index (χ0v) is 13.7. The van der Waals surface area contributed by atoms with Crippen molar-refractivity contribution in [3.63, 3.8) is 0 Å². The first-order valence-electron chi connectivity index (χ1n) is 7.89. The van der Waals surface area contributed by atoms with Gasteiger partial charge in [-0.2, -0.15) is 0 Å². The van der Waals surface area contributed by atoms with E-state index in [-0.39, 0.29) is 11.7 Å². The van der Waals surface area contributed by atoms with Gasteiger partial charge in [0.25, 0.3) is 0 Å². The minimum absolute atomic E-state index is 0.100. The minimum atomic E-state index is -0.289. The second kappa shape index (κ2) is 8.62. The Labute approximate surface area is 141 Å². The third kappa shape index (κ3) is 5.35. The predicted octanol–water partition coefficient (Wildman–Crippen LogP) is 3.81. The fourth-order valence-electron chi connectivity index (χ4n) is 2.07. The molecule has 0 heterocycles. The molecular weight excluding hydrogens is 304 g/mol. The lowest BCUT2D eigenvalue weighted by Gasteiger charge is -2.08. The number of phenolic OH excluding ortho intramolecular Hbond substituents is 1. The number of anilines is 2. The molecule has 0 atom stereocenters. The van der Waals surface area contributed by atoms with Crippen molar-refractivity contribution in [1.29, 1.82) is 0 Å². The molecule has 0 bridgehead atoms. The summed E-state index contributed by atoms with van der Waals surface area (Å²) in [6, 6.07) is 11.8. The molecule has 2 aromatic carbocycles. The Morgan fingerprint density at radius 2 is 2.12 bits per heavy atom. The highest BCUT2D eigenvalue weighted by atomic mass is 16.5. The average molecular weight is 326 g/mol. The van der Waals surface area contributed by atoms with E-state index >= 15 is 0 Å². The number of phenols is 1. The third-order valence-corrected chi connectivity index (χ3v) is 3.33. The van der Waals surface area contributed by atoms with Crippen LogP contribution >= 0.6 is 0 Å². The molecule has 4 N–H and O–H groups in total. The van der Waals surface area contributed by atoms with Gasteiger partial charge in [0, 0.05) is 17.8 Å². The van der Waals surface area contributed by atoms with E-state index < -0.39 is 0 Å². The molecule has 5 nitrogen and oxygen atoms in total. The van der Waals surface area contributed by atoms with Crippen molar-refractivity contribution >= 4 is 23.4 Å². The number of aromatic hydroxyl groups is 1. The molecular formula is C19H22N2O3. The lowest BCUT2D eigenvalue weighted by Crippen LogP contribution is -2.07. The van der Waals surface area contributed by atoms with Gasteiger partial charge in [0.1, 0.15) is 11.5 Å². The van der Waals surface area contributed by atoms with Crippen molar-refractivity contribution in [1.82, 2.24) is 0 Å². The van der Waals surface area contributed by atoms with Gasteiger partial charge in [0.05, 0.1) is 12.3 Å². The first-order valence-corrected chi connectivity index (χ1v) is 7.89. The molecule has 0 fully saturated rings. The molecule has 2 rings (SSSR count). The fraction of sp³-hybridized carbons (Fsp3) is 0.211. The van der Waals surface area contributed by atoms with Gasteiger partial charge in [-0.25, -0.2) is 0 Å². The van der Waals surface area contributed by atoms with E-state index in [2.05, 4.69) is 12.2 Å². The van der Waals surface area contributed by atoms with Crippen LogP contribution in [0.25, 0.3) is 6.08 Å². The summed E-state index contributed by atoms with van der Waals surface area (Å²) in [7, 11) is 0. The number of nitrogens with two attached hydrogens (primary N) is 1. The number of nitrogens with one attached hydrogen (secondary N) is 1. The molecule has 126 valence electrons. The van der Waals surface area contributed by atoms with E-state index in [9.17, 15) is 9.90 Å². The van der Waals surface area contributed by atoms with Crippen LogP contribution < -0.4 is 15.8 Å². The van der Waals surface area contributed by atoms with Crippen molar-refractivity contribution in [2.24, 2.45) is 0 Å². The summed E-state index contributed by atoms with van der Waals surface area (Å²) < 4.78 is 5.60. The van der Waals surface area contributed by atoms with Crippen molar-refractivity contribution in [3.8, 4) is 11.5 Å². The highest BCUT2D eigenvalue weighted by Crippen LogP contribution is 2.23. The van der Waals surface area contributed by atoms with Crippen LogP contribution in [0.15, 0.2) is 48.5 Å². The summed E-state index contributed by atoms with van der Waals surface area (Å²) in [5.74, 6) is 0.468. The van der Waals surface area contributed by atoms with Crippen LogP contribution in [-0.4, -0.2) is 17.6 Å². The summed E-state index contributed by atoms with van der Waals surface area (Å²) in [6.45, 7) is 2.74. The van der Waals surface area contributed by atoms with E-state index in [1.807, 2.05) is 6.07 Å². The van der Waals surface area contributed by atoms with Crippen LogP contribution in [0.1, 0.15) is 25.3 Å². The maximum atomic E-state index is 11.9. The maximum absolute atomic E-state index is 11.9. The molecule has 0 unspecified atom stereocenters. The molecule has 5 heteroatoms. The van der Waals surface area contributed by atoms with E-state index in [0.29, 0.717) is 23.7 Å². The van der Waals surface area contributed by atoms with Crippen molar-refractivity contribution in [2.75, 3.05) is 17.7 Å². The fourth-order valence-corrected chi connectivity index (χ4v) is 2.07. The van der Waals surface area contributed by atoms with Gasteiger partial charge in [0.2, 0.25) is 5.91 Å². The van der Waals surface area contributed by atoms with Crippen LogP contribution in [0.2, 0.25) is 0 Å². The summed E-state index contributed by atoms with van der Waals surface area (Å²) in [5, 5.41) is 12.0. The van der Waals surface area contributed by atoms with Crippen molar-refractivity contribution in [2.45, 2.75) is 19.8 Å². The molecule has 0 saturated heterocycles. The Morgan fingerprint density at radius 1 is 1.29 bits per heavy atom. The minimum Gasteiger partial charge on any atom is -0.508 e. The quantitative estimate of drug-likeness (QED) is 0.410. The van der Waals surface area contributed by atoms with Gasteiger partial charge in [0.15, 0.2) is 0 Å². The molecule has 24 heavy (non-hydrogen) atoms. The van der Waals surface area contributed by atoms with Crippen LogP contribution in [0.5, 0.6) is 11.5 Å². The van der Waals surface area contributed by atoms with Crippen LogP contribution in [0.4, 0.5) is 11.4 Å². The van der Waals surface area contributed by atoms with Gasteiger partial charge in [-0.1, -0.05) is 25.5 Å².